The standard InChI is InChI=1S/C15H14Cl2FN/c1-9(19-2)12-5-3-10(7-15(12)17)13-8-11(18)4-6-14(13)16/h3-9,19H,1-2H3. The third-order valence-electron chi connectivity index (χ3n) is 3.14. The summed E-state index contributed by atoms with van der Waals surface area (Å²) in [5.74, 6) is -0.316. The van der Waals surface area contributed by atoms with Crippen LogP contribution in [0.15, 0.2) is 36.4 Å². The predicted molar refractivity (Wildman–Crippen MR) is 79.3 cm³/mol. The minimum atomic E-state index is -0.316. The van der Waals surface area contributed by atoms with Gasteiger partial charge in [-0.05, 0) is 49.4 Å². The molecule has 0 aromatic heterocycles. The van der Waals surface area contributed by atoms with E-state index in [1.165, 1.54) is 12.1 Å². The Morgan fingerprint density at radius 3 is 2.42 bits per heavy atom. The van der Waals surface area contributed by atoms with Gasteiger partial charge in [-0.15, -0.1) is 0 Å². The predicted octanol–water partition coefficient (Wildman–Crippen LogP) is 5.08. The summed E-state index contributed by atoms with van der Waals surface area (Å²) in [7, 11) is 1.87. The SMILES string of the molecule is CNC(C)c1ccc(-c2cc(F)ccc2Cl)cc1Cl. The number of hydrogen-bond donors (Lipinski definition) is 1. The average molecular weight is 298 g/mol. The van der Waals surface area contributed by atoms with Crippen molar-refractivity contribution in [2.45, 2.75) is 13.0 Å². The van der Waals surface area contributed by atoms with Gasteiger partial charge in [0.25, 0.3) is 0 Å². The molecule has 0 amide bonds. The smallest absolute Gasteiger partial charge is 0.123 e. The number of halogens is 3. The summed E-state index contributed by atoms with van der Waals surface area (Å²) in [4.78, 5) is 0. The maximum absolute atomic E-state index is 13.3. The van der Waals surface area contributed by atoms with Crippen LogP contribution in [0.4, 0.5) is 4.39 Å². The fraction of sp³-hybridized carbons (Fsp3) is 0.200. The Morgan fingerprint density at radius 1 is 1.05 bits per heavy atom. The van der Waals surface area contributed by atoms with Crippen LogP contribution in [-0.4, -0.2) is 7.05 Å². The summed E-state index contributed by atoms with van der Waals surface area (Å²) < 4.78 is 13.3. The van der Waals surface area contributed by atoms with Crippen LogP contribution >= 0.6 is 23.2 Å². The van der Waals surface area contributed by atoms with Crippen LogP contribution in [-0.2, 0) is 0 Å². The maximum Gasteiger partial charge on any atom is 0.123 e. The molecule has 1 nitrogen and oxygen atoms in total. The number of rotatable bonds is 3. The van der Waals surface area contributed by atoms with Crippen molar-refractivity contribution in [3.63, 3.8) is 0 Å². The summed E-state index contributed by atoms with van der Waals surface area (Å²) in [5, 5.41) is 4.28. The average Bonchev–Trinajstić information content (AvgIpc) is 2.40. The molecule has 0 spiro atoms. The highest BCUT2D eigenvalue weighted by Crippen LogP contribution is 2.33. The lowest BCUT2D eigenvalue weighted by molar-refractivity contribution is 0.628. The zero-order chi connectivity index (χ0) is 14.0. The Labute approximate surface area is 122 Å². The lowest BCUT2D eigenvalue weighted by Crippen LogP contribution is -2.12. The van der Waals surface area contributed by atoms with Crippen molar-refractivity contribution in [3.05, 3.63) is 57.8 Å². The highest BCUT2D eigenvalue weighted by atomic mass is 35.5. The molecule has 0 heterocycles. The van der Waals surface area contributed by atoms with Crippen LogP contribution in [0, 0.1) is 5.82 Å². The lowest BCUT2D eigenvalue weighted by atomic mass is 10.0. The second-order valence-corrected chi connectivity index (χ2v) is 5.19. The van der Waals surface area contributed by atoms with Crippen LogP contribution in [0.1, 0.15) is 18.5 Å². The van der Waals surface area contributed by atoms with Gasteiger partial charge >= 0.3 is 0 Å². The first kappa shape index (κ1) is 14.3. The van der Waals surface area contributed by atoms with Gasteiger partial charge in [-0.1, -0.05) is 35.3 Å². The molecule has 0 bridgehead atoms. The van der Waals surface area contributed by atoms with Crippen LogP contribution in [0.2, 0.25) is 10.0 Å². The number of benzene rings is 2. The van der Waals surface area contributed by atoms with E-state index in [1.807, 2.05) is 32.2 Å². The van der Waals surface area contributed by atoms with Gasteiger partial charge in [-0.25, -0.2) is 4.39 Å². The monoisotopic (exact) mass is 297 g/mol. The molecule has 1 unspecified atom stereocenters. The first-order valence-electron chi connectivity index (χ1n) is 5.95. The molecule has 0 aliphatic heterocycles. The molecule has 100 valence electrons. The quantitative estimate of drug-likeness (QED) is 0.833. The van der Waals surface area contributed by atoms with Crippen LogP contribution in [0.3, 0.4) is 0 Å². The molecule has 4 heteroatoms. The van der Waals surface area contributed by atoms with Crippen molar-refractivity contribution in [2.75, 3.05) is 7.05 Å². The van der Waals surface area contributed by atoms with Crippen molar-refractivity contribution < 1.29 is 4.39 Å². The van der Waals surface area contributed by atoms with Crippen LogP contribution in [0.25, 0.3) is 11.1 Å². The van der Waals surface area contributed by atoms with Gasteiger partial charge in [0.05, 0.1) is 0 Å². The van der Waals surface area contributed by atoms with Crippen molar-refractivity contribution in [3.8, 4) is 11.1 Å². The van der Waals surface area contributed by atoms with Gasteiger partial charge in [0.1, 0.15) is 5.82 Å². The second kappa shape index (κ2) is 5.91. The van der Waals surface area contributed by atoms with Gasteiger partial charge in [-0.3, -0.25) is 0 Å². The zero-order valence-electron chi connectivity index (χ0n) is 10.7. The second-order valence-electron chi connectivity index (χ2n) is 4.37. The fourth-order valence-electron chi connectivity index (χ4n) is 1.92. The van der Waals surface area contributed by atoms with E-state index in [-0.39, 0.29) is 11.9 Å². The Bertz CT molecular complexity index is 599. The Hall–Kier alpha value is -1.09. The molecule has 1 atom stereocenters. The summed E-state index contributed by atoms with van der Waals surface area (Å²) in [5.41, 5.74) is 2.45. The number of nitrogens with one attached hydrogen (secondary N) is 1. The summed E-state index contributed by atoms with van der Waals surface area (Å²) in [6.07, 6.45) is 0. The third kappa shape index (κ3) is 3.08. The molecule has 0 aliphatic carbocycles. The minimum Gasteiger partial charge on any atom is -0.313 e. The molecule has 2 aromatic rings. The van der Waals surface area contributed by atoms with E-state index in [0.717, 1.165) is 11.1 Å². The first-order valence-corrected chi connectivity index (χ1v) is 6.70. The summed E-state index contributed by atoms with van der Waals surface area (Å²) >= 11 is 12.4. The summed E-state index contributed by atoms with van der Waals surface area (Å²) in [6.45, 7) is 2.02. The van der Waals surface area contributed by atoms with Crippen molar-refractivity contribution in [2.24, 2.45) is 0 Å². The van der Waals surface area contributed by atoms with Crippen molar-refractivity contribution >= 4 is 23.2 Å². The van der Waals surface area contributed by atoms with Crippen molar-refractivity contribution in [1.82, 2.24) is 5.32 Å². The number of hydrogen-bond acceptors (Lipinski definition) is 1. The Kier molecular flexibility index (Phi) is 4.46. The topological polar surface area (TPSA) is 12.0 Å². The maximum atomic E-state index is 13.3. The molecule has 0 saturated heterocycles. The van der Waals surface area contributed by atoms with E-state index in [0.29, 0.717) is 15.6 Å². The molecular formula is C15H14Cl2FN. The Balaban J connectivity index is 2.47. The molecule has 2 rings (SSSR count). The zero-order valence-corrected chi connectivity index (χ0v) is 12.2. The highest BCUT2D eigenvalue weighted by Gasteiger charge is 2.11. The van der Waals surface area contributed by atoms with Crippen LogP contribution in [0.5, 0.6) is 0 Å². The van der Waals surface area contributed by atoms with E-state index < -0.39 is 0 Å². The molecule has 1 N–H and O–H groups in total. The largest absolute Gasteiger partial charge is 0.313 e. The van der Waals surface area contributed by atoms with Gasteiger partial charge in [0.15, 0.2) is 0 Å². The molecule has 0 aliphatic rings. The molecule has 0 fully saturated rings. The minimum absolute atomic E-state index is 0.157. The van der Waals surface area contributed by atoms with Gasteiger partial charge in [0.2, 0.25) is 0 Å². The lowest BCUT2D eigenvalue weighted by Gasteiger charge is -2.14. The van der Waals surface area contributed by atoms with Gasteiger partial charge in [-0.2, -0.15) is 0 Å². The molecule has 0 saturated carbocycles. The normalized spacial score (nSPS) is 12.5. The van der Waals surface area contributed by atoms with E-state index >= 15 is 0 Å². The molecule has 2 aromatic carbocycles. The van der Waals surface area contributed by atoms with E-state index in [4.69, 9.17) is 23.2 Å². The molecular weight excluding hydrogens is 284 g/mol. The van der Waals surface area contributed by atoms with Crippen LogP contribution < -0.4 is 5.32 Å². The van der Waals surface area contributed by atoms with Gasteiger partial charge in [0, 0.05) is 21.7 Å². The third-order valence-corrected chi connectivity index (χ3v) is 3.80. The van der Waals surface area contributed by atoms with Gasteiger partial charge < -0.3 is 5.32 Å². The molecule has 19 heavy (non-hydrogen) atoms. The van der Waals surface area contributed by atoms with E-state index in [2.05, 4.69) is 5.32 Å². The van der Waals surface area contributed by atoms with E-state index in [1.54, 1.807) is 6.07 Å². The summed E-state index contributed by atoms with van der Waals surface area (Å²) in [6, 6.07) is 10.1. The first-order chi connectivity index (χ1) is 9.02. The van der Waals surface area contributed by atoms with E-state index in [9.17, 15) is 4.39 Å². The Morgan fingerprint density at radius 2 is 1.79 bits per heavy atom. The molecule has 0 radical (unpaired) electrons. The fourth-order valence-corrected chi connectivity index (χ4v) is 2.49. The van der Waals surface area contributed by atoms with Crippen molar-refractivity contribution in [1.29, 1.82) is 0 Å². The highest BCUT2D eigenvalue weighted by molar-refractivity contribution is 6.34.